The molecule has 1 N–H and O–H groups in total. The molecule has 1 aliphatic rings. The first-order valence-electron chi connectivity index (χ1n) is 5.06. The fourth-order valence-electron chi connectivity index (χ4n) is 1.33. The first kappa shape index (κ1) is 11.1. The minimum Gasteiger partial charge on any atom is -0.492 e. The smallest absolute Gasteiger partial charge is 0.122 e. The Kier molecular flexibility index (Phi) is 3.73. The molecule has 82 valence electrons. The van der Waals surface area contributed by atoms with E-state index in [2.05, 4.69) is 5.32 Å². The summed E-state index contributed by atoms with van der Waals surface area (Å²) in [6, 6.07) is 5.95. The second-order valence-corrected chi connectivity index (χ2v) is 4.55. The zero-order valence-corrected chi connectivity index (χ0v) is 9.81. The average Bonchev–Trinajstić information content (AvgIpc) is 2.94. The second kappa shape index (κ2) is 5.06. The molecule has 1 aromatic rings. The number of ether oxygens (including phenoxy) is 1. The minimum atomic E-state index is 0.604. The van der Waals surface area contributed by atoms with Gasteiger partial charge in [-0.15, -0.1) is 0 Å². The molecule has 0 bridgehead atoms. The summed E-state index contributed by atoms with van der Waals surface area (Å²) >= 11 is 11.7. The van der Waals surface area contributed by atoms with Crippen LogP contribution in [0.4, 0.5) is 0 Å². The normalized spacial score (nSPS) is 15.3. The van der Waals surface area contributed by atoms with E-state index in [1.54, 1.807) is 18.2 Å². The first-order chi connectivity index (χ1) is 7.24. The van der Waals surface area contributed by atoms with Gasteiger partial charge in [-0.25, -0.2) is 0 Å². The summed E-state index contributed by atoms with van der Waals surface area (Å²) in [5.41, 5.74) is 0. The van der Waals surface area contributed by atoms with Crippen LogP contribution in [0.1, 0.15) is 12.8 Å². The lowest BCUT2D eigenvalue weighted by atomic mass is 10.3. The molecule has 0 amide bonds. The SMILES string of the molecule is Clc1cc(Cl)cc(OCCNC2CC2)c1. The monoisotopic (exact) mass is 245 g/mol. The Balaban J connectivity index is 1.76. The third kappa shape index (κ3) is 3.90. The van der Waals surface area contributed by atoms with Gasteiger partial charge in [-0.05, 0) is 31.0 Å². The lowest BCUT2D eigenvalue weighted by molar-refractivity contribution is 0.313. The highest BCUT2D eigenvalue weighted by molar-refractivity contribution is 6.34. The van der Waals surface area contributed by atoms with Crippen molar-refractivity contribution in [3.05, 3.63) is 28.2 Å². The summed E-state index contributed by atoms with van der Waals surface area (Å²) in [5.74, 6) is 0.727. The number of hydrogen-bond donors (Lipinski definition) is 1. The predicted octanol–water partition coefficient (Wildman–Crippen LogP) is 3.12. The highest BCUT2D eigenvalue weighted by atomic mass is 35.5. The molecule has 4 heteroatoms. The van der Waals surface area contributed by atoms with Crippen LogP contribution in [-0.4, -0.2) is 19.2 Å². The molecule has 0 heterocycles. The highest BCUT2D eigenvalue weighted by Gasteiger charge is 2.19. The van der Waals surface area contributed by atoms with Crippen LogP contribution in [0.15, 0.2) is 18.2 Å². The summed E-state index contributed by atoms with van der Waals surface area (Å²) in [5, 5.41) is 4.57. The molecule has 1 saturated carbocycles. The van der Waals surface area contributed by atoms with E-state index in [1.807, 2.05) is 0 Å². The zero-order chi connectivity index (χ0) is 10.7. The van der Waals surface area contributed by atoms with Gasteiger partial charge < -0.3 is 10.1 Å². The van der Waals surface area contributed by atoms with E-state index >= 15 is 0 Å². The molecule has 1 aromatic carbocycles. The topological polar surface area (TPSA) is 21.3 Å². The summed E-state index contributed by atoms with van der Waals surface area (Å²) in [7, 11) is 0. The van der Waals surface area contributed by atoms with Gasteiger partial charge in [-0.3, -0.25) is 0 Å². The molecule has 0 aliphatic heterocycles. The van der Waals surface area contributed by atoms with E-state index < -0.39 is 0 Å². The molecule has 2 rings (SSSR count). The van der Waals surface area contributed by atoms with Gasteiger partial charge in [0.15, 0.2) is 0 Å². The predicted molar refractivity (Wildman–Crippen MR) is 63.0 cm³/mol. The van der Waals surface area contributed by atoms with E-state index in [1.165, 1.54) is 12.8 Å². The standard InChI is InChI=1S/C11H13Cl2NO/c12-8-5-9(13)7-11(6-8)15-4-3-14-10-1-2-10/h5-7,10,14H,1-4H2. The van der Waals surface area contributed by atoms with Crippen LogP contribution in [0, 0.1) is 0 Å². The van der Waals surface area contributed by atoms with Crippen molar-refractivity contribution in [2.75, 3.05) is 13.2 Å². The van der Waals surface area contributed by atoms with Crippen LogP contribution >= 0.6 is 23.2 Å². The molecular weight excluding hydrogens is 233 g/mol. The molecule has 2 nitrogen and oxygen atoms in total. The quantitative estimate of drug-likeness (QED) is 0.806. The van der Waals surface area contributed by atoms with Gasteiger partial charge in [0.25, 0.3) is 0 Å². The highest BCUT2D eigenvalue weighted by Crippen LogP contribution is 2.24. The molecular formula is C11H13Cl2NO. The van der Waals surface area contributed by atoms with Crippen molar-refractivity contribution in [2.24, 2.45) is 0 Å². The van der Waals surface area contributed by atoms with Gasteiger partial charge in [-0.2, -0.15) is 0 Å². The van der Waals surface area contributed by atoms with Gasteiger partial charge in [0, 0.05) is 22.6 Å². The maximum Gasteiger partial charge on any atom is 0.122 e. The molecule has 0 spiro atoms. The average molecular weight is 246 g/mol. The van der Waals surface area contributed by atoms with Crippen molar-refractivity contribution in [2.45, 2.75) is 18.9 Å². The second-order valence-electron chi connectivity index (χ2n) is 3.68. The molecule has 0 saturated heterocycles. The zero-order valence-electron chi connectivity index (χ0n) is 8.30. The summed E-state index contributed by atoms with van der Waals surface area (Å²) < 4.78 is 5.51. The van der Waals surface area contributed by atoms with Crippen LogP contribution in [0.2, 0.25) is 10.0 Å². The Labute approximate surface area is 99.5 Å². The Hall–Kier alpha value is -0.440. The third-order valence-electron chi connectivity index (χ3n) is 2.22. The Morgan fingerprint density at radius 2 is 1.87 bits per heavy atom. The van der Waals surface area contributed by atoms with E-state index in [4.69, 9.17) is 27.9 Å². The Morgan fingerprint density at radius 1 is 1.20 bits per heavy atom. The molecule has 0 aromatic heterocycles. The molecule has 15 heavy (non-hydrogen) atoms. The van der Waals surface area contributed by atoms with Crippen molar-refractivity contribution < 1.29 is 4.74 Å². The van der Waals surface area contributed by atoms with Crippen molar-refractivity contribution in [3.63, 3.8) is 0 Å². The van der Waals surface area contributed by atoms with Gasteiger partial charge in [0.2, 0.25) is 0 Å². The van der Waals surface area contributed by atoms with Gasteiger partial charge in [0.1, 0.15) is 12.4 Å². The molecule has 1 fully saturated rings. The van der Waals surface area contributed by atoms with E-state index in [9.17, 15) is 0 Å². The maximum absolute atomic E-state index is 5.84. The molecule has 0 radical (unpaired) electrons. The van der Waals surface area contributed by atoms with Crippen molar-refractivity contribution in [1.82, 2.24) is 5.32 Å². The Morgan fingerprint density at radius 3 is 2.47 bits per heavy atom. The van der Waals surface area contributed by atoms with Crippen LogP contribution in [0.25, 0.3) is 0 Å². The summed E-state index contributed by atoms with van der Waals surface area (Å²) in [6.07, 6.45) is 2.59. The van der Waals surface area contributed by atoms with Crippen molar-refractivity contribution in [1.29, 1.82) is 0 Å². The van der Waals surface area contributed by atoms with E-state index in [0.717, 1.165) is 18.3 Å². The summed E-state index contributed by atoms with van der Waals surface area (Å²) in [6.45, 7) is 1.52. The van der Waals surface area contributed by atoms with E-state index in [-0.39, 0.29) is 0 Å². The van der Waals surface area contributed by atoms with Crippen LogP contribution < -0.4 is 10.1 Å². The Bertz CT molecular complexity index is 319. The lowest BCUT2D eigenvalue weighted by Gasteiger charge is -2.07. The van der Waals surface area contributed by atoms with Crippen LogP contribution in [-0.2, 0) is 0 Å². The maximum atomic E-state index is 5.84. The number of benzene rings is 1. The number of rotatable bonds is 5. The van der Waals surface area contributed by atoms with E-state index in [0.29, 0.717) is 16.7 Å². The minimum absolute atomic E-state index is 0.604. The summed E-state index contributed by atoms with van der Waals surface area (Å²) in [4.78, 5) is 0. The fourth-order valence-corrected chi connectivity index (χ4v) is 1.84. The number of nitrogens with one attached hydrogen (secondary N) is 1. The van der Waals surface area contributed by atoms with Gasteiger partial charge in [-0.1, -0.05) is 23.2 Å². The molecule has 0 atom stereocenters. The van der Waals surface area contributed by atoms with Crippen molar-refractivity contribution in [3.8, 4) is 5.75 Å². The first-order valence-corrected chi connectivity index (χ1v) is 5.82. The number of hydrogen-bond acceptors (Lipinski definition) is 2. The van der Waals surface area contributed by atoms with Gasteiger partial charge >= 0.3 is 0 Å². The molecule has 1 aliphatic carbocycles. The van der Waals surface area contributed by atoms with Crippen LogP contribution in [0.5, 0.6) is 5.75 Å². The lowest BCUT2D eigenvalue weighted by Crippen LogP contribution is -2.22. The third-order valence-corrected chi connectivity index (χ3v) is 2.65. The fraction of sp³-hybridized carbons (Fsp3) is 0.455. The van der Waals surface area contributed by atoms with Gasteiger partial charge in [0.05, 0.1) is 0 Å². The van der Waals surface area contributed by atoms with Crippen LogP contribution in [0.3, 0.4) is 0 Å². The molecule has 0 unspecified atom stereocenters. The number of halogens is 2. The van der Waals surface area contributed by atoms with Crippen molar-refractivity contribution >= 4 is 23.2 Å². The largest absolute Gasteiger partial charge is 0.492 e.